The topological polar surface area (TPSA) is 20.2 Å². The minimum absolute atomic E-state index is 0.151. The molecule has 2 rings (SSSR count). The first kappa shape index (κ1) is 14.3. The third-order valence-electron chi connectivity index (χ3n) is 2.77. The lowest BCUT2D eigenvalue weighted by Crippen LogP contribution is -2.04. The summed E-state index contributed by atoms with van der Waals surface area (Å²) in [6, 6.07) is 6.42. The van der Waals surface area contributed by atoms with E-state index in [4.69, 9.17) is 23.2 Å². The summed E-state index contributed by atoms with van der Waals surface area (Å²) >= 11 is 11.6. The van der Waals surface area contributed by atoms with Gasteiger partial charge in [-0.3, -0.25) is 0 Å². The quantitative estimate of drug-likeness (QED) is 0.855. The van der Waals surface area contributed by atoms with Crippen molar-refractivity contribution < 1.29 is 13.9 Å². The summed E-state index contributed by atoms with van der Waals surface area (Å²) in [6.45, 7) is 1.45. The van der Waals surface area contributed by atoms with Crippen molar-refractivity contribution in [3.63, 3.8) is 0 Å². The van der Waals surface area contributed by atoms with Crippen LogP contribution in [0.4, 0.5) is 8.78 Å². The Morgan fingerprint density at radius 1 is 0.947 bits per heavy atom. The summed E-state index contributed by atoms with van der Waals surface area (Å²) in [6.07, 6.45) is -1.33. The molecule has 1 atom stereocenters. The molecule has 0 bridgehead atoms. The SMILES string of the molecule is Cc1cc(F)c(C(O)c2cc(Cl)cc(Cl)c2)cc1F. The van der Waals surface area contributed by atoms with Crippen LogP contribution < -0.4 is 0 Å². The van der Waals surface area contributed by atoms with Crippen LogP contribution in [0.5, 0.6) is 0 Å². The molecule has 0 aliphatic carbocycles. The van der Waals surface area contributed by atoms with Gasteiger partial charge in [0, 0.05) is 15.6 Å². The van der Waals surface area contributed by atoms with E-state index in [1.165, 1.54) is 25.1 Å². The average molecular weight is 303 g/mol. The van der Waals surface area contributed by atoms with Crippen molar-refractivity contribution in [2.45, 2.75) is 13.0 Å². The van der Waals surface area contributed by atoms with E-state index in [2.05, 4.69) is 0 Å². The average Bonchev–Trinajstić information content (AvgIpc) is 2.31. The first-order valence-electron chi connectivity index (χ1n) is 5.48. The summed E-state index contributed by atoms with van der Waals surface area (Å²) in [5, 5.41) is 10.7. The highest BCUT2D eigenvalue weighted by atomic mass is 35.5. The van der Waals surface area contributed by atoms with Crippen molar-refractivity contribution in [2.75, 3.05) is 0 Å². The first-order chi connectivity index (χ1) is 8.88. The van der Waals surface area contributed by atoms with Crippen LogP contribution in [0, 0.1) is 18.6 Å². The molecule has 0 aliphatic rings. The second-order valence-electron chi connectivity index (χ2n) is 4.23. The van der Waals surface area contributed by atoms with E-state index in [1.54, 1.807) is 0 Å². The Morgan fingerprint density at radius 3 is 2.11 bits per heavy atom. The van der Waals surface area contributed by atoms with Crippen LogP contribution in [0.1, 0.15) is 22.8 Å². The molecular weight excluding hydrogens is 293 g/mol. The molecule has 1 unspecified atom stereocenters. The molecule has 5 heteroatoms. The monoisotopic (exact) mass is 302 g/mol. The molecule has 0 saturated carbocycles. The van der Waals surface area contributed by atoms with Crippen LogP contribution in [-0.4, -0.2) is 5.11 Å². The molecule has 1 N–H and O–H groups in total. The van der Waals surface area contributed by atoms with E-state index >= 15 is 0 Å². The lowest BCUT2D eigenvalue weighted by molar-refractivity contribution is 0.214. The standard InChI is InChI=1S/C14H10Cl2F2O/c1-7-2-13(18)11(6-12(7)17)14(19)8-3-9(15)5-10(16)4-8/h2-6,14,19H,1H3. The minimum Gasteiger partial charge on any atom is -0.384 e. The van der Waals surface area contributed by atoms with E-state index in [1.807, 2.05) is 0 Å². The van der Waals surface area contributed by atoms with Gasteiger partial charge < -0.3 is 5.11 Å². The maximum Gasteiger partial charge on any atom is 0.129 e. The van der Waals surface area contributed by atoms with Crippen molar-refractivity contribution in [2.24, 2.45) is 0 Å². The molecule has 2 aromatic rings. The van der Waals surface area contributed by atoms with Gasteiger partial charge in [-0.25, -0.2) is 8.78 Å². The van der Waals surface area contributed by atoms with Crippen molar-refractivity contribution in [1.82, 2.24) is 0 Å². The number of halogens is 4. The smallest absolute Gasteiger partial charge is 0.129 e. The van der Waals surface area contributed by atoms with Gasteiger partial charge in [-0.15, -0.1) is 0 Å². The molecule has 0 aromatic heterocycles. The zero-order valence-corrected chi connectivity index (χ0v) is 11.4. The van der Waals surface area contributed by atoms with Gasteiger partial charge in [-0.05, 0) is 48.4 Å². The predicted molar refractivity (Wildman–Crippen MR) is 71.6 cm³/mol. The zero-order valence-electron chi connectivity index (χ0n) is 9.92. The molecule has 100 valence electrons. The fraction of sp³-hybridized carbons (Fsp3) is 0.143. The van der Waals surface area contributed by atoms with E-state index < -0.39 is 17.7 Å². The van der Waals surface area contributed by atoms with Gasteiger partial charge in [0.2, 0.25) is 0 Å². The summed E-state index contributed by atoms with van der Waals surface area (Å²) in [7, 11) is 0. The third kappa shape index (κ3) is 3.06. The molecule has 0 amide bonds. The number of aliphatic hydroxyl groups is 1. The Labute approximate surface area is 119 Å². The predicted octanol–water partition coefficient (Wildman–Crippen LogP) is 4.66. The molecule has 1 nitrogen and oxygen atoms in total. The fourth-order valence-corrected chi connectivity index (χ4v) is 2.33. The summed E-state index contributed by atoms with van der Waals surface area (Å²) < 4.78 is 27.2. The molecule has 0 heterocycles. The number of benzene rings is 2. The summed E-state index contributed by atoms with van der Waals surface area (Å²) in [4.78, 5) is 0. The van der Waals surface area contributed by atoms with E-state index in [9.17, 15) is 13.9 Å². The lowest BCUT2D eigenvalue weighted by Gasteiger charge is -2.14. The third-order valence-corrected chi connectivity index (χ3v) is 3.21. The Balaban J connectivity index is 2.49. The normalized spacial score (nSPS) is 12.5. The Bertz CT molecular complexity index is 609. The molecule has 0 spiro atoms. The van der Waals surface area contributed by atoms with Crippen LogP contribution in [0.15, 0.2) is 30.3 Å². The Hall–Kier alpha value is -1.16. The largest absolute Gasteiger partial charge is 0.384 e. The number of hydrogen-bond donors (Lipinski definition) is 1. The maximum atomic E-state index is 13.8. The molecule has 2 aromatic carbocycles. The van der Waals surface area contributed by atoms with E-state index in [0.29, 0.717) is 15.6 Å². The highest BCUT2D eigenvalue weighted by molar-refractivity contribution is 6.34. The van der Waals surface area contributed by atoms with Crippen molar-refractivity contribution >= 4 is 23.2 Å². The molecule has 19 heavy (non-hydrogen) atoms. The number of aliphatic hydroxyl groups excluding tert-OH is 1. The number of rotatable bonds is 2. The maximum absolute atomic E-state index is 13.8. The van der Waals surface area contributed by atoms with Gasteiger partial charge in [0.1, 0.15) is 17.7 Å². The van der Waals surface area contributed by atoms with E-state index in [-0.39, 0.29) is 11.1 Å². The van der Waals surface area contributed by atoms with Crippen molar-refractivity contribution in [3.8, 4) is 0 Å². The van der Waals surface area contributed by atoms with Gasteiger partial charge >= 0.3 is 0 Å². The van der Waals surface area contributed by atoms with Crippen molar-refractivity contribution in [3.05, 3.63) is 68.7 Å². The van der Waals surface area contributed by atoms with Crippen LogP contribution in [0.25, 0.3) is 0 Å². The van der Waals surface area contributed by atoms with Crippen LogP contribution in [0.2, 0.25) is 10.0 Å². The number of aryl methyl sites for hydroxylation is 1. The van der Waals surface area contributed by atoms with Gasteiger partial charge in [-0.1, -0.05) is 23.2 Å². The van der Waals surface area contributed by atoms with Gasteiger partial charge in [0.25, 0.3) is 0 Å². The van der Waals surface area contributed by atoms with E-state index in [0.717, 1.165) is 12.1 Å². The van der Waals surface area contributed by atoms with Crippen LogP contribution >= 0.6 is 23.2 Å². The molecular formula is C14H10Cl2F2O. The summed E-state index contributed by atoms with van der Waals surface area (Å²) in [5.41, 5.74) is 0.332. The van der Waals surface area contributed by atoms with Crippen molar-refractivity contribution in [1.29, 1.82) is 0 Å². The highest BCUT2D eigenvalue weighted by Crippen LogP contribution is 2.30. The Morgan fingerprint density at radius 2 is 1.53 bits per heavy atom. The minimum atomic E-state index is -1.33. The molecule has 0 saturated heterocycles. The molecule has 0 fully saturated rings. The summed E-state index contributed by atoms with van der Waals surface area (Å²) in [5.74, 6) is -1.26. The molecule has 0 aliphatic heterocycles. The fourth-order valence-electron chi connectivity index (χ4n) is 1.78. The van der Waals surface area contributed by atoms with Crippen LogP contribution in [0.3, 0.4) is 0 Å². The first-order valence-corrected chi connectivity index (χ1v) is 6.23. The van der Waals surface area contributed by atoms with Gasteiger partial charge in [-0.2, -0.15) is 0 Å². The second-order valence-corrected chi connectivity index (χ2v) is 5.10. The molecule has 0 radical (unpaired) electrons. The zero-order chi connectivity index (χ0) is 14.2. The second kappa shape index (κ2) is 5.45. The van der Waals surface area contributed by atoms with Crippen LogP contribution in [-0.2, 0) is 0 Å². The lowest BCUT2D eigenvalue weighted by atomic mass is 9.99. The van der Waals surface area contributed by atoms with Gasteiger partial charge in [0.05, 0.1) is 0 Å². The number of hydrogen-bond acceptors (Lipinski definition) is 1. The van der Waals surface area contributed by atoms with Gasteiger partial charge in [0.15, 0.2) is 0 Å². The highest BCUT2D eigenvalue weighted by Gasteiger charge is 2.18. The Kier molecular flexibility index (Phi) is 4.09.